The van der Waals surface area contributed by atoms with Crippen molar-refractivity contribution in [2.75, 3.05) is 25.0 Å². The molecule has 1 N–H and O–H groups in total. The molecule has 2 atom stereocenters. The van der Waals surface area contributed by atoms with Crippen molar-refractivity contribution < 1.29 is 14.4 Å². The third-order valence-corrected chi connectivity index (χ3v) is 6.33. The standard InChI is InChI=1S/C24H27ClN4O3/c25-19-11-12-20(26-15-19)27-23(31)18-9-6-13-28(16-18)24(32)22(17-7-2-1-3-8-17)29-14-5-4-10-21(29)30/h1-3,7-8,11-12,15,18,22H,4-6,9-10,13-14,16H2,(H,26,27,31). The molecule has 1 aromatic carbocycles. The highest BCUT2D eigenvalue weighted by Gasteiger charge is 2.37. The molecule has 32 heavy (non-hydrogen) atoms. The SMILES string of the molecule is O=C(Nc1ccc(Cl)cn1)C1CCCN(C(=O)C(c2ccccc2)N2CCCCC2=O)C1. The summed E-state index contributed by atoms with van der Waals surface area (Å²) in [5.74, 6) is -0.169. The molecular weight excluding hydrogens is 428 g/mol. The minimum atomic E-state index is -0.649. The van der Waals surface area contributed by atoms with Crippen LogP contribution in [0.1, 0.15) is 43.7 Å². The van der Waals surface area contributed by atoms with Crippen LogP contribution in [0.4, 0.5) is 5.82 Å². The van der Waals surface area contributed by atoms with Crippen molar-refractivity contribution in [1.29, 1.82) is 0 Å². The van der Waals surface area contributed by atoms with Gasteiger partial charge in [0, 0.05) is 32.3 Å². The number of piperidine rings is 2. The fourth-order valence-corrected chi connectivity index (χ4v) is 4.55. The van der Waals surface area contributed by atoms with Gasteiger partial charge in [0.25, 0.3) is 0 Å². The van der Waals surface area contributed by atoms with E-state index in [0.717, 1.165) is 24.8 Å². The minimum Gasteiger partial charge on any atom is -0.340 e. The van der Waals surface area contributed by atoms with Gasteiger partial charge in [-0.1, -0.05) is 41.9 Å². The maximum absolute atomic E-state index is 13.7. The summed E-state index contributed by atoms with van der Waals surface area (Å²) in [7, 11) is 0. The molecule has 168 valence electrons. The van der Waals surface area contributed by atoms with Crippen LogP contribution < -0.4 is 5.32 Å². The van der Waals surface area contributed by atoms with Crippen molar-refractivity contribution in [3.8, 4) is 0 Å². The first-order valence-electron chi connectivity index (χ1n) is 11.1. The van der Waals surface area contributed by atoms with Crippen molar-refractivity contribution in [3.05, 3.63) is 59.2 Å². The summed E-state index contributed by atoms with van der Waals surface area (Å²) < 4.78 is 0. The fourth-order valence-electron chi connectivity index (χ4n) is 4.43. The Hall–Kier alpha value is -2.93. The summed E-state index contributed by atoms with van der Waals surface area (Å²) in [5, 5.41) is 3.32. The Morgan fingerprint density at radius 2 is 1.88 bits per heavy atom. The van der Waals surface area contributed by atoms with E-state index in [1.807, 2.05) is 30.3 Å². The number of carbonyl (C=O) groups is 3. The van der Waals surface area contributed by atoms with Gasteiger partial charge in [-0.2, -0.15) is 0 Å². The Bertz CT molecular complexity index is 967. The quantitative estimate of drug-likeness (QED) is 0.747. The molecule has 2 fully saturated rings. The van der Waals surface area contributed by atoms with E-state index < -0.39 is 6.04 Å². The van der Waals surface area contributed by atoms with Crippen LogP contribution in [0.3, 0.4) is 0 Å². The molecule has 3 heterocycles. The number of aromatic nitrogens is 1. The largest absolute Gasteiger partial charge is 0.340 e. The molecular formula is C24H27ClN4O3. The van der Waals surface area contributed by atoms with Gasteiger partial charge in [0.05, 0.1) is 10.9 Å². The van der Waals surface area contributed by atoms with E-state index in [-0.39, 0.29) is 23.6 Å². The highest BCUT2D eigenvalue weighted by molar-refractivity contribution is 6.30. The molecule has 2 unspecified atom stereocenters. The number of nitrogens with one attached hydrogen (secondary N) is 1. The van der Waals surface area contributed by atoms with E-state index >= 15 is 0 Å². The lowest BCUT2D eigenvalue weighted by molar-refractivity contribution is -0.149. The van der Waals surface area contributed by atoms with Crippen LogP contribution in [0.25, 0.3) is 0 Å². The van der Waals surface area contributed by atoms with Crippen molar-refractivity contribution in [2.24, 2.45) is 5.92 Å². The summed E-state index contributed by atoms with van der Waals surface area (Å²) in [5.41, 5.74) is 0.810. The topological polar surface area (TPSA) is 82.6 Å². The highest BCUT2D eigenvalue weighted by atomic mass is 35.5. The zero-order chi connectivity index (χ0) is 22.5. The molecule has 7 nitrogen and oxygen atoms in total. The van der Waals surface area contributed by atoms with Crippen LogP contribution in [-0.2, 0) is 14.4 Å². The second-order valence-electron chi connectivity index (χ2n) is 8.33. The molecule has 2 aliphatic heterocycles. The van der Waals surface area contributed by atoms with Crippen molar-refractivity contribution in [1.82, 2.24) is 14.8 Å². The van der Waals surface area contributed by atoms with Gasteiger partial charge >= 0.3 is 0 Å². The Labute approximate surface area is 192 Å². The molecule has 1 aromatic heterocycles. The van der Waals surface area contributed by atoms with E-state index in [9.17, 15) is 14.4 Å². The number of carbonyl (C=O) groups excluding carboxylic acids is 3. The second kappa shape index (κ2) is 10.1. The van der Waals surface area contributed by atoms with Gasteiger partial charge in [-0.05, 0) is 43.4 Å². The summed E-state index contributed by atoms with van der Waals surface area (Å²) >= 11 is 5.86. The van der Waals surface area contributed by atoms with Crippen LogP contribution in [0, 0.1) is 5.92 Å². The molecule has 0 aliphatic carbocycles. The normalized spacial score (nSPS) is 20.0. The Kier molecular flexibility index (Phi) is 7.05. The third kappa shape index (κ3) is 5.10. The number of rotatable bonds is 5. The zero-order valence-electron chi connectivity index (χ0n) is 17.9. The van der Waals surface area contributed by atoms with E-state index in [0.29, 0.717) is 43.3 Å². The monoisotopic (exact) mass is 454 g/mol. The number of benzene rings is 1. The molecule has 8 heteroatoms. The Morgan fingerprint density at radius 3 is 2.59 bits per heavy atom. The Morgan fingerprint density at radius 1 is 1.06 bits per heavy atom. The average Bonchev–Trinajstić information content (AvgIpc) is 2.82. The van der Waals surface area contributed by atoms with Gasteiger partial charge in [0.1, 0.15) is 11.9 Å². The number of nitrogens with zero attached hydrogens (tertiary/aromatic N) is 3. The number of halogens is 1. The van der Waals surface area contributed by atoms with Crippen LogP contribution in [0.2, 0.25) is 5.02 Å². The maximum atomic E-state index is 13.7. The molecule has 0 bridgehead atoms. The molecule has 4 rings (SSSR count). The van der Waals surface area contributed by atoms with Crippen LogP contribution in [0.5, 0.6) is 0 Å². The van der Waals surface area contributed by atoms with E-state index in [1.54, 1.807) is 21.9 Å². The maximum Gasteiger partial charge on any atom is 0.250 e. The van der Waals surface area contributed by atoms with Gasteiger partial charge in [-0.25, -0.2) is 4.98 Å². The lowest BCUT2D eigenvalue weighted by Gasteiger charge is -2.39. The number of amides is 3. The predicted octanol–water partition coefficient (Wildman–Crippen LogP) is 3.67. The third-order valence-electron chi connectivity index (χ3n) is 6.10. The summed E-state index contributed by atoms with van der Waals surface area (Å²) in [6.07, 6.45) is 5.12. The van der Waals surface area contributed by atoms with Crippen LogP contribution in [0.15, 0.2) is 48.7 Å². The first-order chi connectivity index (χ1) is 15.5. The summed E-state index contributed by atoms with van der Waals surface area (Å²) in [6.45, 7) is 1.47. The summed E-state index contributed by atoms with van der Waals surface area (Å²) in [6, 6.07) is 12.1. The van der Waals surface area contributed by atoms with Crippen LogP contribution in [-0.4, -0.2) is 52.1 Å². The smallest absolute Gasteiger partial charge is 0.250 e. The van der Waals surface area contributed by atoms with Crippen LogP contribution >= 0.6 is 11.6 Å². The lowest BCUT2D eigenvalue weighted by atomic mass is 9.94. The van der Waals surface area contributed by atoms with Crippen molar-refractivity contribution in [3.63, 3.8) is 0 Å². The number of anilines is 1. The van der Waals surface area contributed by atoms with Gasteiger partial charge < -0.3 is 15.1 Å². The van der Waals surface area contributed by atoms with Gasteiger partial charge in [-0.15, -0.1) is 0 Å². The second-order valence-corrected chi connectivity index (χ2v) is 8.77. The van der Waals surface area contributed by atoms with E-state index in [4.69, 9.17) is 11.6 Å². The molecule has 0 radical (unpaired) electrons. The molecule has 0 saturated carbocycles. The van der Waals surface area contributed by atoms with Gasteiger partial charge in [0.15, 0.2) is 0 Å². The van der Waals surface area contributed by atoms with Crippen molar-refractivity contribution in [2.45, 2.75) is 38.1 Å². The Balaban J connectivity index is 1.50. The van der Waals surface area contributed by atoms with Gasteiger partial charge in [-0.3, -0.25) is 14.4 Å². The molecule has 3 amide bonds. The fraction of sp³-hybridized carbons (Fsp3) is 0.417. The highest BCUT2D eigenvalue weighted by Crippen LogP contribution is 2.29. The first kappa shape index (κ1) is 22.3. The summed E-state index contributed by atoms with van der Waals surface area (Å²) in [4.78, 5) is 46.7. The number of hydrogen-bond acceptors (Lipinski definition) is 4. The molecule has 2 aliphatic rings. The minimum absolute atomic E-state index is 0.0126. The molecule has 0 spiro atoms. The van der Waals surface area contributed by atoms with Gasteiger partial charge in [0.2, 0.25) is 17.7 Å². The van der Waals surface area contributed by atoms with E-state index in [1.165, 1.54) is 6.20 Å². The predicted molar refractivity (Wildman–Crippen MR) is 122 cm³/mol. The van der Waals surface area contributed by atoms with Crippen molar-refractivity contribution >= 4 is 35.1 Å². The molecule has 2 aromatic rings. The lowest BCUT2D eigenvalue weighted by Crippen LogP contribution is -2.50. The number of hydrogen-bond donors (Lipinski definition) is 1. The number of likely N-dealkylation sites (tertiary alicyclic amines) is 2. The number of pyridine rings is 1. The zero-order valence-corrected chi connectivity index (χ0v) is 18.6. The first-order valence-corrected chi connectivity index (χ1v) is 11.5. The molecule has 2 saturated heterocycles. The average molecular weight is 455 g/mol. The van der Waals surface area contributed by atoms with E-state index in [2.05, 4.69) is 10.3 Å².